The molecule has 0 aliphatic rings. The Bertz CT molecular complexity index is 1000. The first-order valence-electron chi connectivity index (χ1n) is 8.17. The zero-order valence-corrected chi connectivity index (χ0v) is 14.9. The average Bonchev–Trinajstić information content (AvgIpc) is 2.94. The summed E-state index contributed by atoms with van der Waals surface area (Å²) in [6.45, 7) is 3.04. The molecule has 3 rings (SSSR count). The lowest BCUT2D eigenvalue weighted by Gasteiger charge is -2.14. The molecule has 0 unspecified atom stereocenters. The molecule has 0 aliphatic heterocycles. The number of carbonyl (C=O) groups is 1. The van der Waals surface area contributed by atoms with Crippen LogP contribution in [0.2, 0.25) is 0 Å². The van der Waals surface area contributed by atoms with Crippen LogP contribution in [0.1, 0.15) is 22.5 Å². The molecule has 0 atom stereocenters. The van der Waals surface area contributed by atoms with E-state index in [1.807, 2.05) is 23.6 Å². The van der Waals surface area contributed by atoms with E-state index in [0.29, 0.717) is 35.5 Å². The molecule has 1 amide bonds. The summed E-state index contributed by atoms with van der Waals surface area (Å²) in [5.74, 6) is -0.152. The fraction of sp³-hybridized carbons (Fsp3) is 0.389. The van der Waals surface area contributed by atoms with E-state index in [4.69, 9.17) is 9.72 Å². The molecule has 0 bridgehead atoms. The maximum absolute atomic E-state index is 12.9. The van der Waals surface area contributed by atoms with E-state index >= 15 is 0 Å². The Kier molecular flexibility index (Phi) is 4.59. The fourth-order valence-corrected chi connectivity index (χ4v) is 2.96. The summed E-state index contributed by atoms with van der Waals surface area (Å²) in [7, 11) is 5.03. The second-order valence-corrected chi connectivity index (χ2v) is 6.27. The first-order valence-corrected chi connectivity index (χ1v) is 8.17. The van der Waals surface area contributed by atoms with Gasteiger partial charge >= 0.3 is 0 Å². The van der Waals surface area contributed by atoms with E-state index in [9.17, 15) is 9.59 Å². The van der Waals surface area contributed by atoms with Gasteiger partial charge in [-0.3, -0.25) is 14.0 Å². The Labute approximate surface area is 145 Å². The summed E-state index contributed by atoms with van der Waals surface area (Å²) in [5.41, 5.74) is 2.36. The number of carbonyl (C=O) groups excluding carboxylic acids is 1. The lowest BCUT2D eigenvalue weighted by Crippen LogP contribution is -2.25. The third-order valence-electron chi connectivity index (χ3n) is 4.25. The average molecular weight is 342 g/mol. The predicted octanol–water partition coefficient (Wildman–Crippen LogP) is 1.70. The van der Waals surface area contributed by atoms with Gasteiger partial charge in [-0.15, -0.1) is 0 Å². The van der Waals surface area contributed by atoms with Crippen molar-refractivity contribution in [2.24, 2.45) is 0 Å². The number of nitrogens with zero attached hydrogens (tertiary/aromatic N) is 4. The number of hydrogen-bond donors (Lipinski definition) is 0. The standard InChI is InChI=1S/C18H22N4O3/c1-12-7-5-8-22-15(12)19-16-13(17(22)23)11-14(18(24)20(2)3)21(16)9-6-10-25-4/h5,7-8,11H,6,9-10H2,1-4H3. The highest BCUT2D eigenvalue weighted by Gasteiger charge is 2.21. The van der Waals surface area contributed by atoms with Crippen LogP contribution in [0.3, 0.4) is 0 Å². The maximum Gasteiger partial charge on any atom is 0.270 e. The summed E-state index contributed by atoms with van der Waals surface area (Å²) in [4.78, 5) is 31.7. The fourth-order valence-electron chi connectivity index (χ4n) is 2.96. The molecule has 0 N–H and O–H groups in total. The second kappa shape index (κ2) is 6.68. The van der Waals surface area contributed by atoms with Crippen LogP contribution in [0.15, 0.2) is 29.2 Å². The summed E-state index contributed by atoms with van der Waals surface area (Å²) in [6, 6.07) is 5.38. The Morgan fingerprint density at radius 1 is 1.32 bits per heavy atom. The van der Waals surface area contributed by atoms with Gasteiger partial charge in [0.25, 0.3) is 11.5 Å². The highest BCUT2D eigenvalue weighted by atomic mass is 16.5. The summed E-state index contributed by atoms with van der Waals surface area (Å²) >= 11 is 0. The smallest absolute Gasteiger partial charge is 0.270 e. The van der Waals surface area contributed by atoms with Crippen LogP contribution in [0.4, 0.5) is 0 Å². The molecule has 0 aromatic carbocycles. The topological polar surface area (TPSA) is 68.8 Å². The lowest BCUT2D eigenvalue weighted by atomic mass is 10.3. The zero-order valence-electron chi connectivity index (χ0n) is 14.9. The van der Waals surface area contributed by atoms with Crippen LogP contribution in [0.25, 0.3) is 16.7 Å². The molecule has 25 heavy (non-hydrogen) atoms. The van der Waals surface area contributed by atoms with Gasteiger partial charge < -0.3 is 14.2 Å². The van der Waals surface area contributed by atoms with Crippen LogP contribution >= 0.6 is 0 Å². The van der Waals surface area contributed by atoms with Crippen molar-refractivity contribution in [1.82, 2.24) is 18.9 Å². The molecule has 0 saturated carbocycles. The van der Waals surface area contributed by atoms with Crippen molar-refractivity contribution < 1.29 is 9.53 Å². The highest BCUT2D eigenvalue weighted by molar-refractivity contribution is 5.97. The van der Waals surface area contributed by atoms with Crippen LogP contribution in [-0.4, -0.2) is 52.6 Å². The first-order chi connectivity index (χ1) is 12.0. The number of ether oxygens (including phenoxy) is 1. The minimum absolute atomic E-state index is 0.152. The van der Waals surface area contributed by atoms with Gasteiger partial charge in [0.05, 0.1) is 5.39 Å². The second-order valence-electron chi connectivity index (χ2n) is 6.27. The number of hydrogen-bond acceptors (Lipinski definition) is 4. The number of methoxy groups -OCH3 is 1. The van der Waals surface area contributed by atoms with E-state index in [1.165, 1.54) is 9.30 Å². The molecule has 3 aromatic heterocycles. The Balaban J connectivity index is 2.31. The Morgan fingerprint density at radius 2 is 2.08 bits per heavy atom. The van der Waals surface area contributed by atoms with Crippen molar-refractivity contribution >= 4 is 22.6 Å². The molecule has 0 spiro atoms. The molecule has 0 aliphatic carbocycles. The van der Waals surface area contributed by atoms with Gasteiger partial charge in [0.15, 0.2) is 0 Å². The molecule has 7 nitrogen and oxygen atoms in total. The number of fused-ring (bicyclic) bond motifs is 2. The SMILES string of the molecule is COCCCn1c(C(=O)N(C)C)cc2c(=O)n3cccc(C)c3nc21. The largest absolute Gasteiger partial charge is 0.385 e. The lowest BCUT2D eigenvalue weighted by molar-refractivity contribution is 0.0816. The summed E-state index contributed by atoms with van der Waals surface area (Å²) in [5, 5.41) is 0.450. The van der Waals surface area contributed by atoms with Crippen molar-refractivity contribution in [3.8, 4) is 0 Å². The summed E-state index contributed by atoms with van der Waals surface area (Å²) in [6.07, 6.45) is 2.43. The monoisotopic (exact) mass is 342 g/mol. The predicted molar refractivity (Wildman–Crippen MR) is 96.2 cm³/mol. The Hall–Kier alpha value is -2.67. The van der Waals surface area contributed by atoms with Crippen LogP contribution in [0, 0.1) is 6.92 Å². The third kappa shape index (κ3) is 2.91. The number of rotatable bonds is 5. The molecule has 132 valence electrons. The van der Waals surface area contributed by atoms with Crippen molar-refractivity contribution in [1.29, 1.82) is 0 Å². The zero-order chi connectivity index (χ0) is 18.1. The number of aryl methyl sites for hydroxylation is 2. The van der Waals surface area contributed by atoms with E-state index < -0.39 is 0 Å². The van der Waals surface area contributed by atoms with Gasteiger partial charge in [-0.25, -0.2) is 4.98 Å². The van der Waals surface area contributed by atoms with Crippen LogP contribution in [0.5, 0.6) is 0 Å². The Morgan fingerprint density at radius 3 is 2.76 bits per heavy atom. The van der Waals surface area contributed by atoms with Crippen molar-refractivity contribution in [2.45, 2.75) is 19.9 Å². The quantitative estimate of drug-likeness (QED) is 0.662. The van der Waals surface area contributed by atoms with Crippen molar-refractivity contribution in [3.63, 3.8) is 0 Å². The van der Waals surface area contributed by atoms with Crippen molar-refractivity contribution in [3.05, 3.63) is 46.0 Å². The van der Waals surface area contributed by atoms with Gasteiger partial charge in [-0.1, -0.05) is 6.07 Å². The van der Waals surface area contributed by atoms with E-state index in [2.05, 4.69) is 0 Å². The number of aromatic nitrogens is 3. The van der Waals surface area contributed by atoms with Gasteiger partial charge in [0, 0.05) is 40.6 Å². The maximum atomic E-state index is 12.9. The molecular formula is C18H22N4O3. The molecule has 0 fully saturated rings. The minimum Gasteiger partial charge on any atom is -0.385 e. The normalized spacial score (nSPS) is 11.4. The molecule has 7 heteroatoms. The van der Waals surface area contributed by atoms with E-state index in [1.54, 1.807) is 33.5 Å². The molecule has 3 aromatic rings. The van der Waals surface area contributed by atoms with Crippen LogP contribution < -0.4 is 5.56 Å². The van der Waals surface area contributed by atoms with Gasteiger partial charge in [0.1, 0.15) is 17.0 Å². The van der Waals surface area contributed by atoms with Crippen LogP contribution in [-0.2, 0) is 11.3 Å². The molecule has 3 heterocycles. The van der Waals surface area contributed by atoms with E-state index in [-0.39, 0.29) is 11.5 Å². The number of amides is 1. The van der Waals surface area contributed by atoms with Gasteiger partial charge in [-0.05, 0) is 31.0 Å². The van der Waals surface area contributed by atoms with Crippen molar-refractivity contribution in [2.75, 3.05) is 27.8 Å². The molecule has 0 radical (unpaired) electrons. The molecule has 0 saturated heterocycles. The summed E-state index contributed by atoms with van der Waals surface area (Å²) < 4.78 is 8.47. The highest BCUT2D eigenvalue weighted by Crippen LogP contribution is 2.19. The minimum atomic E-state index is -0.165. The first kappa shape index (κ1) is 17.2. The van der Waals surface area contributed by atoms with E-state index in [0.717, 1.165) is 12.0 Å². The third-order valence-corrected chi connectivity index (χ3v) is 4.25. The van der Waals surface area contributed by atoms with Gasteiger partial charge in [-0.2, -0.15) is 0 Å². The number of pyridine rings is 1. The molecular weight excluding hydrogens is 320 g/mol. The van der Waals surface area contributed by atoms with Gasteiger partial charge in [0.2, 0.25) is 0 Å².